The summed E-state index contributed by atoms with van der Waals surface area (Å²) in [6, 6.07) is 6.95. The molecule has 1 aliphatic rings. The third-order valence-corrected chi connectivity index (χ3v) is 4.16. The van der Waals surface area contributed by atoms with Gasteiger partial charge in [0.2, 0.25) is 5.91 Å². The van der Waals surface area contributed by atoms with Crippen molar-refractivity contribution in [1.82, 2.24) is 5.32 Å². The van der Waals surface area contributed by atoms with E-state index in [2.05, 4.69) is 5.32 Å². The molecule has 4 nitrogen and oxygen atoms in total. The number of aromatic hydroxyl groups is 1. The molecule has 2 N–H and O–H groups in total. The predicted octanol–water partition coefficient (Wildman–Crippen LogP) is 1.45. The summed E-state index contributed by atoms with van der Waals surface area (Å²) in [5.41, 5.74) is 0.807. The van der Waals surface area contributed by atoms with Crippen molar-refractivity contribution in [2.24, 2.45) is 0 Å². The molecule has 1 aromatic carbocycles. The molecular weight excluding hydrogens is 248 g/mol. The third-order valence-electron chi connectivity index (χ3n) is 3.03. The van der Waals surface area contributed by atoms with Crippen LogP contribution in [0, 0.1) is 0 Å². The summed E-state index contributed by atoms with van der Waals surface area (Å²) in [7, 11) is 1.77. The van der Waals surface area contributed by atoms with E-state index in [1.807, 2.05) is 11.8 Å². The van der Waals surface area contributed by atoms with E-state index in [4.69, 9.17) is 0 Å². The number of benzene rings is 1. The zero-order valence-corrected chi connectivity index (χ0v) is 11.2. The second kappa shape index (κ2) is 6.11. The molecule has 1 atom stereocenters. The van der Waals surface area contributed by atoms with Gasteiger partial charge in [-0.1, -0.05) is 0 Å². The van der Waals surface area contributed by atoms with Crippen molar-refractivity contribution in [3.8, 4) is 5.75 Å². The molecule has 0 aromatic heterocycles. The summed E-state index contributed by atoms with van der Waals surface area (Å²) >= 11 is 1.89. The van der Waals surface area contributed by atoms with Crippen LogP contribution in [-0.2, 0) is 4.79 Å². The van der Waals surface area contributed by atoms with Gasteiger partial charge in [0.15, 0.2) is 0 Å². The highest BCUT2D eigenvalue weighted by molar-refractivity contribution is 7.99. The zero-order valence-electron chi connectivity index (χ0n) is 10.4. The molecule has 1 aliphatic heterocycles. The Morgan fingerprint density at radius 1 is 1.50 bits per heavy atom. The first-order chi connectivity index (χ1) is 8.66. The van der Waals surface area contributed by atoms with Crippen molar-refractivity contribution in [2.45, 2.75) is 12.5 Å². The molecule has 0 saturated carbocycles. The number of carbonyl (C=O) groups excluding carboxylic acids is 1. The Bertz CT molecular complexity index is 402. The fraction of sp³-hybridized carbons (Fsp3) is 0.462. The van der Waals surface area contributed by atoms with Crippen LogP contribution < -0.4 is 10.2 Å². The first-order valence-corrected chi connectivity index (χ1v) is 7.19. The van der Waals surface area contributed by atoms with Crippen LogP contribution in [-0.4, -0.2) is 42.2 Å². The molecular formula is C13H18N2O2S. The quantitative estimate of drug-likeness (QED) is 0.869. The Labute approximate surface area is 111 Å². The van der Waals surface area contributed by atoms with Gasteiger partial charge in [-0.25, -0.2) is 0 Å². The summed E-state index contributed by atoms with van der Waals surface area (Å²) in [5, 5.41) is 12.6. The Balaban J connectivity index is 1.93. The maximum absolute atomic E-state index is 12.1. The van der Waals surface area contributed by atoms with E-state index in [0.717, 1.165) is 23.7 Å². The largest absolute Gasteiger partial charge is 0.508 e. The van der Waals surface area contributed by atoms with E-state index in [1.54, 1.807) is 36.2 Å². The molecule has 18 heavy (non-hydrogen) atoms. The first-order valence-electron chi connectivity index (χ1n) is 6.03. The molecule has 1 unspecified atom stereocenters. The van der Waals surface area contributed by atoms with Gasteiger partial charge >= 0.3 is 0 Å². The predicted molar refractivity (Wildman–Crippen MR) is 75.2 cm³/mol. The highest BCUT2D eigenvalue weighted by Gasteiger charge is 2.19. The number of carbonyl (C=O) groups is 1. The summed E-state index contributed by atoms with van der Waals surface area (Å²) in [6.45, 7) is 0.978. The van der Waals surface area contributed by atoms with Gasteiger partial charge in [-0.15, -0.1) is 0 Å². The third kappa shape index (κ3) is 3.40. The lowest BCUT2D eigenvalue weighted by Gasteiger charge is -2.25. The van der Waals surface area contributed by atoms with Gasteiger partial charge in [-0.3, -0.25) is 4.79 Å². The fourth-order valence-electron chi connectivity index (χ4n) is 1.92. The van der Waals surface area contributed by atoms with Crippen molar-refractivity contribution in [3.63, 3.8) is 0 Å². The number of amides is 1. The number of nitrogens with one attached hydrogen (secondary N) is 1. The standard InChI is InChI=1S/C13H18N2O2S/c1-15(11-2-4-12(16)5-3-11)13(17)8-10-9-18-7-6-14-10/h2-5,10,14,16H,6-9H2,1H3. The molecule has 1 aromatic rings. The summed E-state index contributed by atoms with van der Waals surface area (Å²) < 4.78 is 0. The lowest BCUT2D eigenvalue weighted by Crippen LogP contribution is -2.41. The Morgan fingerprint density at radius 3 is 2.83 bits per heavy atom. The van der Waals surface area contributed by atoms with E-state index in [9.17, 15) is 9.90 Å². The number of hydrogen-bond donors (Lipinski definition) is 2. The molecule has 1 amide bonds. The minimum absolute atomic E-state index is 0.0979. The van der Waals surface area contributed by atoms with Gasteiger partial charge in [0.05, 0.1) is 0 Å². The van der Waals surface area contributed by atoms with E-state index < -0.39 is 0 Å². The van der Waals surface area contributed by atoms with Crippen LogP contribution in [0.3, 0.4) is 0 Å². The zero-order chi connectivity index (χ0) is 13.0. The Kier molecular flexibility index (Phi) is 4.49. The van der Waals surface area contributed by atoms with Crippen LogP contribution in [0.4, 0.5) is 5.69 Å². The molecule has 1 heterocycles. The van der Waals surface area contributed by atoms with Crippen LogP contribution in [0.15, 0.2) is 24.3 Å². The average Bonchev–Trinajstić information content (AvgIpc) is 2.40. The van der Waals surface area contributed by atoms with Gasteiger partial charge < -0.3 is 15.3 Å². The van der Waals surface area contributed by atoms with E-state index in [1.165, 1.54) is 0 Å². The van der Waals surface area contributed by atoms with Crippen LogP contribution in [0.5, 0.6) is 5.75 Å². The molecule has 0 aliphatic carbocycles. The van der Waals surface area contributed by atoms with Crippen molar-refractivity contribution in [3.05, 3.63) is 24.3 Å². The molecule has 0 bridgehead atoms. The lowest BCUT2D eigenvalue weighted by atomic mass is 10.2. The molecule has 98 valence electrons. The van der Waals surface area contributed by atoms with Crippen molar-refractivity contribution in [2.75, 3.05) is 30.0 Å². The number of hydrogen-bond acceptors (Lipinski definition) is 4. The van der Waals surface area contributed by atoms with Crippen molar-refractivity contribution < 1.29 is 9.90 Å². The van der Waals surface area contributed by atoms with Gasteiger partial charge in [-0.05, 0) is 24.3 Å². The SMILES string of the molecule is CN(C(=O)CC1CSCCN1)c1ccc(O)cc1. The molecule has 0 radical (unpaired) electrons. The number of rotatable bonds is 3. The molecule has 1 saturated heterocycles. The van der Waals surface area contributed by atoms with E-state index >= 15 is 0 Å². The van der Waals surface area contributed by atoms with Crippen LogP contribution >= 0.6 is 11.8 Å². The number of phenols is 1. The summed E-state index contributed by atoms with van der Waals surface area (Å²) in [5.74, 6) is 2.43. The van der Waals surface area contributed by atoms with E-state index in [0.29, 0.717) is 6.42 Å². The van der Waals surface area contributed by atoms with Crippen molar-refractivity contribution in [1.29, 1.82) is 0 Å². The minimum Gasteiger partial charge on any atom is -0.508 e. The minimum atomic E-state index is 0.0979. The maximum Gasteiger partial charge on any atom is 0.228 e. The van der Waals surface area contributed by atoms with Gasteiger partial charge in [0.1, 0.15) is 5.75 Å². The summed E-state index contributed by atoms with van der Waals surface area (Å²) in [6.07, 6.45) is 0.518. The number of anilines is 1. The highest BCUT2D eigenvalue weighted by atomic mass is 32.2. The normalized spacial score (nSPS) is 19.5. The Hall–Kier alpha value is -1.20. The summed E-state index contributed by atoms with van der Waals surface area (Å²) in [4.78, 5) is 13.8. The van der Waals surface area contributed by atoms with E-state index in [-0.39, 0.29) is 17.7 Å². The number of nitrogens with zero attached hydrogens (tertiary/aromatic N) is 1. The fourth-order valence-corrected chi connectivity index (χ4v) is 2.87. The molecule has 5 heteroatoms. The number of phenolic OH excluding ortho intramolecular Hbond substituents is 1. The van der Waals surface area contributed by atoms with Crippen molar-refractivity contribution >= 4 is 23.4 Å². The van der Waals surface area contributed by atoms with Crippen LogP contribution in [0.1, 0.15) is 6.42 Å². The topological polar surface area (TPSA) is 52.6 Å². The Morgan fingerprint density at radius 2 is 2.22 bits per heavy atom. The second-order valence-electron chi connectivity index (χ2n) is 4.40. The number of thioether (sulfide) groups is 1. The maximum atomic E-state index is 12.1. The highest BCUT2D eigenvalue weighted by Crippen LogP contribution is 2.19. The smallest absolute Gasteiger partial charge is 0.228 e. The average molecular weight is 266 g/mol. The van der Waals surface area contributed by atoms with Gasteiger partial charge in [0, 0.05) is 43.2 Å². The molecule has 0 spiro atoms. The second-order valence-corrected chi connectivity index (χ2v) is 5.55. The van der Waals surface area contributed by atoms with Gasteiger partial charge in [-0.2, -0.15) is 11.8 Å². The first kappa shape index (κ1) is 13.2. The lowest BCUT2D eigenvalue weighted by molar-refractivity contribution is -0.118. The van der Waals surface area contributed by atoms with Crippen LogP contribution in [0.2, 0.25) is 0 Å². The molecule has 2 rings (SSSR count). The monoisotopic (exact) mass is 266 g/mol. The molecule has 1 fully saturated rings. The van der Waals surface area contributed by atoms with Crippen LogP contribution in [0.25, 0.3) is 0 Å². The van der Waals surface area contributed by atoms with Gasteiger partial charge in [0.25, 0.3) is 0 Å².